The molecule has 3 rings (SSSR count). The molecule has 0 aliphatic carbocycles. The molecule has 3 heterocycles. The number of aromatic nitrogens is 2. The van der Waals surface area contributed by atoms with Gasteiger partial charge in [0.25, 0.3) is 0 Å². The van der Waals surface area contributed by atoms with E-state index in [1.807, 2.05) is 43.4 Å². The summed E-state index contributed by atoms with van der Waals surface area (Å²) in [7, 11) is 5.59. The Morgan fingerprint density at radius 2 is 1.88 bits per heavy atom. The Kier molecular flexibility index (Phi) is 5.32. The largest absolute Gasteiger partial charge is 0.462 e. The van der Waals surface area contributed by atoms with Crippen molar-refractivity contribution in [3.8, 4) is 0 Å². The summed E-state index contributed by atoms with van der Waals surface area (Å²) in [5.74, 6) is 3.61. The SMILES string of the molecule is COCc1ccc(CN2CCN(c3ccnc(N(C)C)n3)CC2)o1. The van der Waals surface area contributed by atoms with Crippen molar-refractivity contribution >= 4 is 11.8 Å². The molecular formula is C17H25N5O2. The van der Waals surface area contributed by atoms with Crippen molar-refractivity contribution in [2.24, 2.45) is 0 Å². The first-order valence-electron chi connectivity index (χ1n) is 8.20. The van der Waals surface area contributed by atoms with Crippen molar-refractivity contribution < 1.29 is 9.15 Å². The van der Waals surface area contributed by atoms with Gasteiger partial charge in [-0.15, -0.1) is 0 Å². The van der Waals surface area contributed by atoms with Crippen LogP contribution in [-0.2, 0) is 17.9 Å². The van der Waals surface area contributed by atoms with E-state index in [4.69, 9.17) is 9.15 Å². The first-order valence-corrected chi connectivity index (χ1v) is 8.20. The van der Waals surface area contributed by atoms with E-state index < -0.39 is 0 Å². The fourth-order valence-corrected chi connectivity index (χ4v) is 2.81. The smallest absolute Gasteiger partial charge is 0.226 e. The predicted octanol–water partition coefficient (Wildman–Crippen LogP) is 1.60. The van der Waals surface area contributed by atoms with Gasteiger partial charge in [-0.2, -0.15) is 4.98 Å². The summed E-state index contributed by atoms with van der Waals surface area (Å²) >= 11 is 0. The first-order chi connectivity index (χ1) is 11.7. The van der Waals surface area contributed by atoms with Gasteiger partial charge in [-0.05, 0) is 18.2 Å². The van der Waals surface area contributed by atoms with Gasteiger partial charge in [0, 0.05) is 53.6 Å². The maximum atomic E-state index is 5.77. The second-order valence-electron chi connectivity index (χ2n) is 6.17. The van der Waals surface area contributed by atoms with Crippen molar-refractivity contribution in [2.45, 2.75) is 13.2 Å². The Hall–Kier alpha value is -2.12. The van der Waals surface area contributed by atoms with E-state index in [9.17, 15) is 0 Å². The minimum atomic E-state index is 0.524. The molecule has 1 aliphatic heterocycles. The average Bonchev–Trinajstić information content (AvgIpc) is 3.03. The summed E-state index contributed by atoms with van der Waals surface area (Å²) in [6.07, 6.45) is 1.82. The fraction of sp³-hybridized carbons (Fsp3) is 0.529. The normalized spacial score (nSPS) is 15.7. The summed E-state index contributed by atoms with van der Waals surface area (Å²) < 4.78 is 10.9. The standard InChI is InChI=1S/C17H25N5O2/c1-20(2)17-18-7-6-16(19-17)22-10-8-21(9-11-22)12-14-4-5-15(24-14)13-23-3/h4-7H,8-13H2,1-3H3. The number of rotatable bonds is 6. The lowest BCUT2D eigenvalue weighted by Gasteiger charge is -2.35. The highest BCUT2D eigenvalue weighted by molar-refractivity contribution is 5.43. The molecule has 0 radical (unpaired) electrons. The third-order valence-electron chi connectivity index (χ3n) is 4.11. The predicted molar refractivity (Wildman–Crippen MR) is 93.3 cm³/mol. The van der Waals surface area contributed by atoms with E-state index in [1.54, 1.807) is 7.11 Å². The lowest BCUT2D eigenvalue weighted by molar-refractivity contribution is 0.158. The molecule has 0 atom stereocenters. The molecule has 24 heavy (non-hydrogen) atoms. The summed E-state index contributed by atoms with van der Waals surface area (Å²) in [6.45, 7) is 5.24. The maximum absolute atomic E-state index is 5.77. The molecule has 0 N–H and O–H groups in total. The van der Waals surface area contributed by atoms with E-state index in [-0.39, 0.29) is 0 Å². The highest BCUT2D eigenvalue weighted by Gasteiger charge is 2.19. The quantitative estimate of drug-likeness (QED) is 0.797. The first kappa shape index (κ1) is 16.7. The maximum Gasteiger partial charge on any atom is 0.226 e. The van der Waals surface area contributed by atoms with Crippen molar-refractivity contribution in [2.75, 3.05) is 57.2 Å². The molecular weight excluding hydrogens is 306 g/mol. The Balaban J connectivity index is 1.54. The summed E-state index contributed by atoms with van der Waals surface area (Å²) in [5.41, 5.74) is 0. The van der Waals surface area contributed by atoms with Crippen LogP contribution in [0, 0.1) is 0 Å². The number of hydrogen-bond donors (Lipinski definition) is 0. The molecule has 2 aromatic rings. The molecule has 0 aromatic carbocycles. The van der Waals surface area contributed by atoms with Gasteiger partial charge in [0.2, 0.25) is 5.95 Å². The molecule has 0 unspecified atom stereocenters. The van der Waals surface area contributed by atoms with Gasteiger partial charge in [0.1, 0.15) is 23.9 Å². The zero-order valence-electron chi connectivity index (χ0n) is 14.6. The van der Waals surface area contributed by atoms with Crippen LogP contribution < -0.4 is 9.80 Å². The minimum Gasteiger partial charge on any atom is -0.462 e. The van der Waals surface area contributed by atoms with Gasteiger partial charge in [-0.25, -0.2) is 4.98 Å². The van der Waals surface area contributed by atoms with Crippen LogP contribution in [0.15, 0.2) is 28.8 Å². The van der Waals surface area contributed by atoms with Crippen LogP contribution in [0.3, 0.4) is 0 Å². The van der Waals surface area contributed by atoms with Crippen molar-refractivity contribution in [1.29, 1.82) is 0 Å². The molecule has 7 heteroatoms. The van der Waals surface area contributed by atoms with E-state index in [0.29, 0.717) is 6.61 Å². The third-order valence-corrected chi connectivity index (χ3v) is 4.11. The van der Waals surface area contributed by atoms with Crippen LogP contribution in [0.1, 0.15) is 11.5 Å². The molecule has 1 aliphatic rings. The second kappa shape index (κ2) is 7.63. The average molecular weight is 331 g/mol. The zero-order chi connectivity index (χ0) is 16.9. The molecule has 1 saturated heterocycles. The number of methoxy groups -OCH3 is 1. The minimum absolute atomic E-state index is 0.524. The number of piperazine rings is 1. The van der Waals surface area contributed by atoms with Crippen LogP contribution in [0.25, 0.3) is 0 Å². The summed E-state index contributed by atoms with van der Waals surface area (Å²) in [6, 6.07) is 6.00. The Bertz CT molecular complexity index is 650. The van der Waals surface area contributed by atoms with Crippen LogP contribution in [0.4, 0.5) is 11.8 Å². The highest BCUT2D eigenvalue weighted by Crippen LogP contribution is 2.17. The Labute approximate surface area is 142 Å². The topological polar surface area (TPSA) is 57.9 Å². The van der Waals surface area contributed by atoms with Crippen LogP contribution in [0.5, 0.6) is 0 Å². The van der Waals surface area contributed by atoms with Crippen LogP contribution in [0.2, 0.25) is 0 Å². The second-order valence-corrected chi connectivity index (χ2v) is 6.17. The fourth-order valence-electron chi connectivity index (χ4n) is 2.81. The van der Waals surface area contributed by atoms with E-state index in [2.05, 4.69) is 19.8 Å². The molecule has 0 saturated carbocycles. The van der Waals surface area contributed by atoms with E-state index in [1.165, 1.54) is 0 Å². The van der Waals surface area contributed by atoms with Crippen molar-refractivity contribution in [3.63, 3.8) is 0 Å². The van der Waals surface area contributed by atoms with Gasteiger partial charge in [0.15, 0.2) is 0 Å². The van der Waals surface area contributed by atoms with Gasteiger partial charge in [-0.1, -0.05) is 0 Å². The van der Waals surface area contributed by atoms with Gasteiger partial charge in [-0.3, -0.25) is 4.90 Å². The molecule has 7 nitrogen and oxygen atoms in total. The Morgan fingerprint density at radius 3 is 2.58 bits per heavy atom. The molecule has 0 spiro atoms. The van der Waals surface area contributed by atoms with E-state index in [0.717, 1.165) is 56.0 Å². The zero-order valence-corrected chi connectivity index (χ0v) is 14.6. The van der Waals surface area contributed by atoms with Gasteiger partial charge in [0.05, 0.1) is 6.54 Å². The number of nitrogens with zero attached hydrogens (tertiary/aromatic N) is 5. The molecule has 130 valence electrons. The molecule has 0 amide bonds. The lowest BCUT2D eigenvalue weighted by atomic mass is 10.3. The van der Waals surface area contributed by atoms with Crippen molar-refractivity contribution in [1.82, 2.24) is 14.9 Å². The highest BCUT2D eigenvalue weighted by atomic mass is 16.5. The molecule has 1 fully saturated rings. The Morgan fingerprint density at radius 1 is 1.12 bits per heavy atom. The van der Waals surface area contributed by atoms with Crippen LogP contribution >= 0.6 is 0 Å². The van der Waals surface area contributed by atoms with Gasteiger partial charge >= 0.3 is 0 Å². The van der Waals surface area contributed by atoms with E-state index >= 15 is 0 Å². The number of anilines is 2. The summed E-state index contributed by atoms with van der Waals surface area (Å²) in [4.78, 5) is 15.5. The number of ether oxygens (including phenoxy) is 1. The monoisotopic (exact) mass is 331 g/mol. The van der Waals surface area contributed by atoms with Crippen LogP contribution in [-0.4, -0.2) is 62.3 Å². The third kappa shape index (κ3) is 4.04. The van der Waals surface area contributed by atoms with Crippen molar-refractivity contribution in [3.05, 3.63) is 35.9 Å². The van der Waals surface area contributed by atoms with Gasteiger partial charge < -0.3 is 19.0 Å². The lowest BCUT2D eigenvalue weighted by Crippen LogP contribution is -2.46. The number of hydrogen-bond acceptors (Lipinski definition) is 7. The number of furan rings is 1. The molecule has 0 bridgehead atoms. The summed E-state index contributed by atoms with van der Waals surface area (Å²) in [5, 5.41) is 0. The molecule has 2 aromatic heterocycles.